The number of H-pyrrole nitrogens is 1. The van der Waals surface area contributed by atoms with Gasteiger partial charge in [0.15, 0.2) is 0 Å². The summed E-state index contributed by atoms with van der Waals surface area (Å²) in [5, 5.41) is 1.26. The number of para-hydroxylation sites is 1. The lowest BCUT2D eigenvalue weighted by Crippen LogP contribution is -1.82. The van der Waals surface area contributed by atoms with Crippen LogP contribution in [0.3, 0.4) is 0 Å². The molecule has 0 bridgehead atoms. The van der Waals surface area contributed by atoms with E-state index in [2.05, 4.69) is 27.0 Å². The Balaban J connectivity index is 2.61. The summed E-state index contributed by atoms with van der Waals surface area (Å²) in [6.45, 7) is 0. The molecule has 0 amide bonds. The van der Waals surface area contributed by atoms with Crippen LogP contribution >= 0.6 is 27.5 Å². The first-order valence-electron chi connectivity index (χ1n) is 4.13. The van der Waals surface area contributed by atoms with Gasteiger partial charge in [-0.15, -0.1) is 11.6 Å². The SMILES string of the molecule is ClCCc1c[nH]c2c(Br)cccc12. The maximum atomic E-state index is 5.71. The van der Waals surface area contributed by atoms with Gasteiger partial charge in [0.25, 0.3) is 0 Å². The molecule has 0 aliphatic heterocycles. The van der Waals surface area contributed by atoms with E-state index >= 15 is 0 Å². The standard InChI is InChI=1S/C10H9BrClN/c11-9-3-1-2-8-7(4-5-12)6-13-10(8)9/h1-3,6,13H,4-5H2. The first kappa shape index (κ1) is 9.10. The molecule has 0 aliphatic carbocycles. The molecular weight excluding hydrogens is 249 g/mol. The van der Waals surface area contributed by atoms with Gasteiger partial charge in [-0.3, -0.25) is 0 Å². The Morgan fingerprint density at radius 2 is 2.23 bits per heavy atom. The summed E-state index contributed by atoms with van der Waals surface area (Å²) in [4.78, 5) is 3.24. The molecule has 1 heterocycles. The molecule has 3 heteroatoms. The largest absolute Gasteiger partial charge is 0.360 e. The quantitative estimate of drug-likeness (QED) is 0.791. The predicted molar refractivity (Wildman–Crippen MR) is 60.4 cm³/mol. The number of alkyl halides is 1. The highest BCUT2D eigenvalue weighted by atomic mass is 79.9. The highest BCUT2D eigenvalue weighted by molar-refractivity contribution is 9.10. The van der Waals surface area contributed by atoms with Gasteiger partial charge < -0.3 is 4.98 Å². The number of fused-ring (bicyclic) bond motifs is 1. The number of benzene rings is 1. The van der Waals surface area contributed by atoms with Crippen LogP contribution in [0.1, 0.15) is 5.56 Å². The number of aryl methyl sites for hydroxylation is 1. The highest BCUT2D eigenvalue weighted by Gasteiger charge is 2.04. The number of hydrogen-bond donors (Lipinski definition) is 1. The molecule has 0 fully saturated rings. The Bertz CT molecular complexity index is 422. The summed E-state index contributed by atoms with van der Waals surface area (Å²) in [5.74, 6) is 0.666. The fourth-order valence-corrected chi connectivity index (χ4v) is 2.17. The molecule has 2 rings (SSSR count). The molecule has 0 unspecified atom stereocenters. The average Bonchev–Trinajstić information content (AvgIpc) is 2.51. The Kier molecular flexibility index (Phi) is 2.61. The lowest BCUT2D eigenvalue weighted by atomic mass is 10.1. The van der Waals surface area contributed by atoms with Gasteiger partial charge in [0.05, 0.1) is 5.52 Å². The lowest BCUT2D eigenvalue weighted by Gasteiger charge is -1.95. The molecule has 0 spiro atoms. The highest BCUT2D eigenvalue weighted by Crippen LogP contribution is 2.25. The van der Waals surface area contributed by atoms with Crippen LogP contribution in [0.25, 0.3) is 10.9 Å². The maximum absolute atomic E-state index is 5.71. The molecule has 2 aromatic rings. The molecule has 0 saturated carbocycles. The first-order valence-corrected chi connectivity index (χ1v) is 5.46. The van der Waals surface area contributed by atoms with Gasteiger partial charge >= 0.3 is 0 Å². The summed E-state index contributed by atoms with van der Waals surface area (Å²) in [5.41, 5.74) is 2.44. The van der Waals surface area contributed by atoms with Crippen LogP contribution in [0.5, 0.6) is 0 Å². The Hall–Kier alpha value is -0.470. The van der Waals surface area contributed by atoms with E-state index in [-0.39, 0.29) is 0 Å². The molecule has 68 valence electrons. The molecule has 0 atom stereocenters. The van der Waals surface area contributed by atoms with Crippen LogP contribution < -0.4 is 0 Å². The average molecular weight is 259 g/mol. The molecule has 1 nitrogen and oxygen atoms in total. The van der Waals surface area contributed by atoms with Crippen LogP contribution in [0.4, 0.5) is 0 Å². The number of rotatable bonds is 2. The van der Waals surface area contributed by atoms with E-state index in [1.54, 1.807) is 0 Å². The van der Waals surface area contributed by atoms with Crippen molar-refractivity contribution in [1.29, 1.82) is 0 Å². The number of hydrogen-bond acceptors (Lipinski definition) is 0. The Morgan fingerprint density at radius 1 is 1.38 bits per heavy atom. The van der Waals surface area contributed by atoms with Crippen molar-refractivity contribution in [2.75, 3.05) is 5.88 Å². The number of aromatic amines is 1. The zero-order chi connectivity index (χ0) is 9.26. The number of aromatic nitrogens is 1. The summed E-state index contributed by atoms with van der Waals surface area (Å²) in [6.07, 6.45) is 2.94. The normalized spacial score (nSPS) is 10.9. The lowest BCUT2D eigenvalue weighted by molar-refractivity contribution is 1.16. The minimum atomic E-state index is 0.666. The smallest absolute Gasteiger partial charge is 0.0601 e. The van der Waals surface area contributed by atoms with E-state index in [4.69, 9.17) is 11.6 Å². The summed E-state index contributed by atoms with van der Waals surface area (Å²) >= 11 is 9.20. The molecular formula is C10H9BrClN. The summed E-state index contributed by atoms with van der Waals surface area (Å²) < 4.78 is 1.10. The van der Waals surface area contributed by atoms with Crippen LogP contribution in [0.2, 0.25) is 0 Å². The van der Waals surface area contributed by atoms with E-state index in [0.29, 0.717) is 5.88 Å². The van der Waals surface area contributed by atoms with E-state index in [1.807, 2.05) is 18.3 Å². The number of nitrogens with one attached hydrogen (secondary N) is 1. The minimum Gasteiger partial charge on any atom is -0.360 e. The van der Waals surface area contributed by atoms with Gasteiger partial charge in [0.2, 0.25) is 0 Å². The Labute approximate surface area is 90.2 Å². The van der Waals surface area contributed by atoms with Crippen molar-refractivity contribution < 1.29 is 0 Å². The topological polar surface area (TPSA) is 15.8 Å². The van der Waals surface area contributed by atoms with E-state index in [0.717, 1.165) is 16.4 Å². The predicted octanol–water partition coefficient (Wildman–Crippen LogP) is 3.71. The van der Waals surface area contributed by atoms with E-state index in [9.17, 15) is 0 Å². The summed E-state index contributed by atoms with van der Waals surface area (Å²) in [6, 6.07) is 6.18. The monoisotopic (exact) mass is 257 g/mol. The molecule has 13 heavy (non-hydrogen) atoms. The molecule has 1 N–H and O–H groups in total. The second kappa shape index (κ2) is 3.72. The molecule has 0 aliphatic rings. The van der Waals surface area contributed by atoms with Crippen LogP contribution in [-0.2, 0) is 6.42 Å². The fourth-order valence-electron chi connectivity index (χ4n) is 1.48. The molecule has 0 radical (unpaired) electrons. The van der Waals surface area contributed by atoms with Crippen molar-refractivity contribution in [3.63, 3.8) is 0 Å². The summed E-state index contributed by atoms with van der Waals surface area (Å²) in [7, 11) is 0. The van der Waals surface area contributed by atoms with E-state index < -0.39 is 0 Å². The molecule has 1 aromatic carbocycles. The van der Waals surface area contributed by atoms with E-state index in [1.165, 1.54) is 10.9 Å². The van der Waals surface area contributed by atoms with Crippen molar-refractivity contribution in [2.45, 2.75) is 6.42 Å². The third kappa shape index (κ3) is 1.61. The van der Waals surface area contributed by atoms with Crippen molar-refractivity contribution in [3.8, 4) is 0 Å². The van der Waals surface area contributed by atoms with Gasteiger partial charge in [-0.2, -0.15) is 0 Å². The Morgan fingerprint density at radius 3 is 3.00 bits per heavy atom. The fraction of sp³-hybridized carbons (Fsp3) is 0.200. The van der Waals surface area contributed by atoms with Crippen LogP contribution in [0.15, 0.2) is 28.9 Å². The molecule has 0 saturated heterocycles. The second-order valence-corrected chi connectivity index (χ2v) is 4.15. The zero-order valence-corrected chi connectivity index (χ0v) is 9.32. The molecule has 1 aromatic heterocycles. The third-order valence-electron chi connectivity index (χ3n) is 2.11. The van der Waals surface area contributed by atoms with Crippen molar-refractivity contribution in [2.24, 2.45) is 0 Å². The third-order valence-corrected chi connectivity index (χ3v) is 2.96. The van der Waals surface area contributed by atoms with Gasteiger partial charge in [0, 0.05) is 21.9 Å². The van der Waals surface area contributed by atoms with Crippen molar-refractivity contribution >= 4 is 38.4 Å². The number of halogens is 2. The van der Waals surface area contributed by atoms with Crippen LogP contribution in [-0.4, -0.2) is 10.9 Å². The van der Waals surface area contributed by atoms with Gasteiger partial charge in [-0.25, -0.2) is 0 Å². The van der Waals surface area contributed by atoms with Crippen LogP contribution in [0, 0.1) is 0 Å². The van der Waals surface area contributed by atoms with Gasteiger partial charge in [0.1, 0.15) is 0 Å². The zero-order valence-electron chi connectivity index (χ0n) is 6.98. The minimum absolute atomic E-state index is 0.666. The van der Waals surface area contributed by atoms with Gasteiger partial charge in [-0.05, 0) is 34.0 Å². The first-order chi connectivity index (χ1) is 6.33. The maximum Gasteiger partial charge on any atom is 0.0601 e. The van der Waals surface area contributed by atoms with Gasteiger partial charge in [-0.1, -0.05) is 12.1 Å². The second-order valence-electron chi connectivity index (χ2n) is 2.92. The van der Waals surface area contributed by atoms with Crippen molar-refractivity contribution in [3.05, 3.63) is 34.4 Å². The van der Waals surface area contributed by atoms with Crippen molar-refractivity contribution in [1.82, 2.24) is 4.98 Å².